The molecule has 0 bridgehead atoms. The fourth-order valence-electron chi connectivity index (χ4n) is 2.69. The fourth-order valence-corrected chi connectivity index (χ4v) is 2.69. The summed E-state index contributed by atoms with van der Waals surface area (Å²) in [6.07, 6.45) is 1.48. The SMILES string of the molecule is Cc1cccc(C)c1N/C=C(/C#N)C(=O)NCCN1CCNCC1. The molecule has 0 atom stereocenters. The number of hydrogen-bond acceptors (Lipinski definition) is 5. The van der Waals surface area contributed by atoms with Gasteiger partial charge in [-0.15, -0.1) is 0 Å². The van der Waals surface area contributed by atoms with E-state index in [1.165, 1.54) is 6.20 Å². The van der Waals surface area contributed by atoms with Crippen molar-refractivity contribution in [2.75, 3.05) is 44.6 Å². The molecule has 3 N–H and O–H groups in total. The summed E-state index contributed by atoms with van der Waals surface area (Å²) >= 11 is 0. The average Bonchev–Trinajstić information content (AvgIpc) is 2.58. The van der Waals surface area contributed by atoms with E-state index < -0.39 is 0 Å². The van der Waals surface area contributed by atoms with Crippen LogP contribution in [0.1, 0.15) is 11.1 Å². The molecule has 1 amide bonds. The van der Waals surface area contributed by atoms with Crippen LogP contribution in [0.25, 0.3) is 0 Å². The Labute approximate surface area is 143 Å². The number of rotatable bonds is 6. The van der Waals surface area contributed by atoms with Gasteiger partial charge in [0.2, 0.25) is 0 Å². The highest BCUT2D eigenvalue weighted by Gasteiger charge is 2.12. The Morgan fingerprint density at radius 1 is 1.33 bits per heavy atom. The van der Waals surface area contributed by atoms with Gasteiger partial charge in [-0.2, -0.15) is 5.26 Å². The molecule has 0 aromatic heterocycles. The molecule has 24 heavy (non-hydrogen) atoms. The number of amides is 1. The normalized spacial score (nSPS) is 15.6. The van der Waals surface area contributed by atoms with Gasteiger partial charge < -0.3 is 16.0 Å². The molecule has 1 aliphatic rings. The van der Waals surface area contributed by atoms with E-state index in [0.29, 0.717) is 6.54 Å². The minimum Gasteiger partial charge on any atom is -0.360 e. The number of nitrogens with one attached hydrogen (secondary N) is 3. The van der Waals surface area contributed by atoms with Crippen molar-refractivity contribution in [3.05, 3.63) is 41.1 Å². The van der Waals surface area contributed by atoms with Crippen molar-refractivity contribution in [3.63, 3.8) is 0 Å². The fraction of sp³-hybridized carbons (Fsp3) is 0.444. The van der Waals surface area contributed by atoms with Crippen LogP contribution < -0.4 is 16.0 Å². The quantitative estimate of drug-likeness (QED) is 0.539. The molecule has 0 radical (unpaired) electrons. The first-order valence-electron chi connectivity index (χ1n) is 8.26. The van der Waals surface area contributed by atoms with Crippen LogP contribution in [0.15, 0.2) is 30.0 Å². The summed E-state index contributed by atoms with van der Waals surface area (Å²) in [4.78, 5) is 14.4. The van der Waals surface area contributed by atoms with E-state index >= 15 is 0 Å². The Kier molecular flexibility index (Phi) is 6.79. The summed E-state index contributed by atoms with van der Waals surface area (Å²) in [7, 11) is 0. The van der Waals surface area contributed by atoms with Crippen LogP contribution in [0.3, 0.4) is 0 Å². The second kappa shape index (κ2) is 9.06. The van der Waals surface area contributed by atoms with Gasteiger partial charge in [-0.3, -0.25) is 9.69 Å². The molecule has 1 fully saturated rings. The minimum atomic E-state index is -0.341. The lowest BCUT2D eigenvalue weighted by atomic mass is 10.1. The number of hydrogen-bond donors (Lipinski definition) is 3. The maximum Gasteiger partial charge on any atom is 0.263 e. The van der Waals surface area contributed by atoms with E-state index in [1.807, 2.05) is 38.1 Å². The third kappa shape index (κ3) is 5.08. The van der Waals surface area contributed by atoms with Crippen molar-refractivity contribution in [2.24, 2.45) is 0 Å². The van der Waals surface area contributed by atoms with Gasteiger partial charge in [0.15, 0.2) is 0 Å². The lowest BCUT2D eigenvalue weighted by Gasteiger charge is -2.27. The molecule has 6 heteroatoms. The molecule has 0 unspecified atom stereocenters. The van der Waals surface area contributed by atoms with Gasteiger partial charge in [0.25, 0.3) is 5.91 Å². The topological polar surface area (TPSA) is 80.2 Å². The second-order valence-corrected chi connectivity index (χ2v) is 5.93. The standard InChI is InChI=1S/C18H25N5O/c1-14-4-3-5-15(2)17(14)22-13-16(12-19)18(24)21-8-11-23-9-6-20-7-10-23/h3-5,13,20,22H,6-11H2,1-2H3,(H,21,24)/b16-13-. The van der Waals surface area contributed by atoms with Crippen molar-refractivity contribution >= 4 is 11.6 Å². The number of aryl methyl sites for hydroxylation is 2. The number of carbonyl (C=O) groups excluding carboxylic acids is 1. The van der Waals surface area contributed by atoms with Gasteiger partial charge in [-0.1, -0.05) is 18.2 Å². The first kappa shape index (κ1) is 18.0. The molecule has 1 saturated heterocycles. The van der Waals surface area contributed by atoms with Gasteiger partial charge in [0, 0.05) is 51.2 Å². The van der Waals surface area contributed by atoms with Gasteiger partial charge in [0.1, 0.15) is 11.6 Å². The Morgan fingerprint density at radius 2 is 2.00 bits per heavy atom. The number of nitriles is 1. The van der Waals surface area contributed by atoms with E-state index in [0.717, 1.165) is 49.5 Å². The van der Waals surface area contributed by atoms with Crippen molar-refractivity contribution in [3.8, 4) is 6.07 Å². The smallest absolute Gasteiger partial charge is 0.263 e. The van der Waals surface area contributed by atoms with Crippen molar-refractivity contribution in [1.29, 1.82) is 5.26 Å². The van der Waals surface area contributed by atoms with Crippen molar-refractivity contribution in [1.82, 2.24) is 15.5 Å². The van der Waals surface area contributed by atoms with E-state index in [4.69, 9.17) is 0 Å². The highest BCUT2D eigenvalue weighted by atomic mass is 16.1. The number of piperazine rings is 1. The molecule has 0 saturated carbocycles. The van der Waals surface area contributed by atoms with Crippen LogP contribution in [0.4, 0.5) is 5.69 Å². The number of nitrogens with zero attached hydrogens (tertiary/aromatic N) is 2. The Balaban J connectivity index is 1.87. The van der Waals surface area contributed by atoms with E-state index in [1.54, 1.807) is 0 Å². The average molecular weight is 327 g/mol. The van der Waals surface area contributed by atoms with Crippen molar-refractivity contribution < 1.29 is 4.79 Å². The van der Waals surface area contributed by atoms with E-state index in [9.17, 15) is 10.1 Å². The zero-order valence-corrected chi connectivity index (χ0v) is 14.4. The third-order valence-corrected chi connectivity index (χ3v) is 4.13. The predicted molar refractivity (Wildman–Crippen MR) is 95.6 cm³/mol. The van der Waals surface area contributed by atoms with Crippen LogP contribution in [0.5, 0.6) is 0 Å². The molecule has 0 aliphatic carbocycles. The maximum absolute atomic E-state index is 12.1. The van der Waals surface area contributed by atoms with Crippen LogP contribution in [0.2, 0.25) is 0 Å². The lowest BCUT2D eigenvalue weighted by Crippen LogP contribution is -2.46. The first-order chi connectivity index (χ1) is 11.6. The summed E-state index contributed by atoms with van der Waals surface area (Å²) in [6.45, 7) is 9.27. The van der Waals surface area contributed by atoms with Crippen molar-refractivity contribution in [2.45, 2.75) is 13.8 Å². The summed E-state index contributed by atoms with van der Waals surface area (Å²) in [5.74, 6) is -0.341. The first-order valence-corrected chi connectivity index (χ1v) is 8.26. The molecule has 6 nitrogen and oxygen atoms in total. The summed E-state index contributed by atoms with van der Waals surface area (Å²) in [6, 6.07) is 7.92. The molecule has 1 aromatic carbocycles. The molecule has 128 valence electrons. The lowest BCUT2D eigenvalue weighted by molar-refractivity contribution is -0.117. The van der Waals surface area contributed by atoms with Crippen LogP contribution in [0, 0.1) is 25.2 Å². The van der Waals surface area contributed by atoms with E-state index in [2.05, 4.69) is 20.9 Å². The predicted octanol–water partition coefficient (Wildman–Crippen LogP) is 1.14. The molecule has 1 heterocycles. The second-order valence-electron chi connectivity index (χ2n) is 5.93. The van der Waals surface area contributed by atoms with Crippen LogP contribution in [-0.4, -0.2) is 50.1 Å². The Bertz CT molecular complexity index is 621. The van der Waals surface area contributed by atoms with Gasteiger partial charge in [-0.05, 0) is 25.0 Å². The molecule has 1 aromatic rings. The number of para-hydroxylation sites is 1. The van der Waals surface area contributed by atoms with Gasteiger partial charge in [0.05, 0.1) is 0 Å². The monoisotopic (exact) mass is 327 g/mol. The zero-order valence-electron chi connectivity index (χ0n) is 14.4. The number of benzene rings is 1. The number of anilines is 1. The summed E-state index contributed by atoms with van der Waals surface area (Å²) in [5.41, 5.74) is 3.15. The van der Waals surface area contributed by atoms with Gasteiger partial charge >= 0.3 is 0 Å². The molecular weight excluding hydrogens is 302 g/mol. The molecule has 0 spiro atoms. The van der Waals surface area contributed by atoms with Gasteiger partial charge in [-0.25, -0.2) is 0 Å². The molecule has 2 rings (SSSR count). The molecule has 1 aliphatic heterocycles. The summed E-state index contributed by atoms with van der Waals surface area (Å²) in [5, 5.41) is 18.4. The van der Waals surface area contributed by atoms with Crippen LogP contribution in [-0.2, 0) is 4.79 Å². The zero-order chi connectivity index (χ0) is 17.4. The third-order valence-electron chi connectivity index (χ3n) is 4.13. The highest BCUT2D eigenvalue weighted by molar-refractivity contribution is 5.97. The number of carbonyl (C=O) groups is 1. The minimum absolute atomic E-state index is 0.0814. The maximum atomic E-state index is 12.1. The van der Waals surface area contributed by atoms with E-state index in [-0.39, 0.29) is 11.5 Å². The summed E-state index contributed by atoms with van der Waals surface area (Å²) < 4.78 is 0. The highest BCUT2D eigenvalue weighted by Crippen LogP contribution is 2.19. The molecular formula is C18H25N5O. The Morgan fingerprint density at radius 3 is 2.62 bits per heavy atom. The van der Waals surface area contributed by atoms with Crippen LogP contribution >= 0.6 is 0 Å². The largest absolute Gasteiger partial charge is 0.360 e. The Hall–Kier alpha value is -2.36.